The van der Waals surface area contributed by atoms with Gasteiger partial charge in [-0.2, -0.15) is 13.2 Å². The molecule has 0 radical (unpaired) electrons. The Bertz CT molecular complexity index is 605. The van der Waals surface area contributed by atoms with Crippen molar-refractivity contribution in [1.82, 2.24) is 9.97 Å². The molecule has 2 aromatic rings. The van der Waals surface area contributed by atoms with Crippen molar-refractivity contribution in [2.24, 2.45) is 0 Å². The summed E-state index contributed by atoms with van der Waals surface area (Å²) in [6.07, 6.45) is 1.69. The Morgan fingerprint density at radius 3 is 2.33 bits per heavy atom. The van der Waals surface area contributed by atoms with Crippen molar-refractivity contribution in [2.75, 3.05) is 7.11 Å². The number of aliphatic hydroxyl groups is 1. The molecule has 1 aromatic heterocycles. The molecule has 2 rings (SSSR count). The Morgan fingerprint density at radius 2 is 1.76 bits per heavy atom. The molecule has 0 spiro atoms. The lowest BCUT2D eigenvalue weighted by molar-refractivity contribution is -0.0328. The zero-order chi connectivity index (χ0) is 15.5. The van der Waals surface area contributed by atoms with E-state index in [0.717, 1.165) is 0 Å². The molecule has 0 fully saturated rings. The zero-order valence-electron chi connectivity index (χ0n) is 10.8. The summed E-state index contributed by atoms with van der Waals surface area (Å²) in [5.41, 5.74) is -3.73. The lowest BCUT2D eigenvalue weighted by atomic mass is 10.1. The number of aromatic nitrogens is 2. The number of thioether (sulfide) groups is 1. The summed E-state index contributed by atoms with van der Waals surface area (Å²) in [4.78, 5) is 7.94. The quantitative estimate of drug-likeness (QED) is 0.878. The van der Waals surface area contributed by atoms with E-state index < -0.39 is 11.6 Å². The van der Waals surface area contributed by atoms with Crippen molar-refractivity contribution in [3.63, 3.8) is 0 Å². The molecule has 1 N–H and O–H groups in total. The Balaban J connectivity index is 2.22. The number of ether oxygens (including phenoxy) is 1. The third-order valence-electron chi connectivity index (χ3n) is 2.57. The van der Waals surface area contributed by atoms with Crippen LogP contribution in [0.2, 0.25) is 0 Å². The van der Waals surface area contributed by atoms with Crippen LogP contribution in [-0.4, -0.2) is 27.7 Å². The van der Waals surface area contributed by atoms with E-state index in [0.29, 0.717) is 5.56 Å². The molecule has 0 saturated heterocycles. The Kier molecular flexibility index (Phi) is 4.69. The highest BCUT2D eigenvalue weighted by Gasteiger charge is 2.29. The van der Waals surface area contributed by atoms with E-state index in [9.17, 15) is 18.3 Å². The van der Waals surface area contributed by atoms with Gasteiger partial charge in [-0.1, -0.05) is 12.1 Å². The maximum absolute atomic E-state index is 12.2. The van der Waals surface area contributed by atoms with Crippen molar-refractivity contribution < 1.29 is 23.0 Å². The first-order chi connectivity index (χ1) is 9.90. The summed E-state index contributed by atoms with van der Waals surface area (Å²) in [6.45, 7) is 0. The molecule has 0 aliphatic carbocycles. The third kappa shape index (κ3) is 4.08. The average Bonchev–Trinajstić information content (AvgIpc) is 2.45. The Morgan fingerprint density at radius 1 is 1.14 bits per heavy atom. The first-order valence-corrected chi connectivity index (χ1v) is 6.61. The molecule has 0 bridgehead atoms. The highest BCUT2D eigenvalue weighted by molar-refractivity contribution is 8.00. The van der Waals surface area contributed by atoms with Crippen molar-refractivity contribution >= 4 is 11.8 Å². The van der Waals surface area contributed by atoms with Gasteiger partial charge in [-0.25, -0.2) is 4.98 Å². The Labute approximate surface area is 123 Å². The number of aliphatic hydroxyl groups excluding tert-OH is 1. The van der Waals surface area contributed by atoms with E-state index >= 15 is 0 Å². The van der Waals surface area contributed by atoms with Crippen LogP contribution in [0.1, 0.15) is 17.4 Å². The SMILES string of the molecule is COc1nccnc1C(O)c1ccc(SC(F)(F)F)cc1. The van der Waals surface area contributed by atoms with Gasteiger partial charge in [0.25, 0.3) is 0 Å². The molecule has 0 amide bonds. The fourth-order valence-corrected chi connectivity index (χ4v) is 2.23. The van der Waals surface area contributed by atoms with Gasteiger partial charge in [0.1, 0.15) is 11.8 Å². The van der Waals surface area contributed by atoms with Crippen LogP contribution >= 0.6 is 11.8 Å². The number of alkyl halides is 3. The molecule has 1 atom stereocenters. The number of hydrogen-bond donors (Lipinski definition) is 1. The highest BCUT2D eigenvalue weighted by Crippen LogP contribution is 2.37. The lowest BCUT2D eigenvalue weighted by Gasteiger charge is -2.13. The van der Waals surface area contributed by atoms with E-state index in [-0.39, 0.29) is 28.2 Å². The smallest absolute Gasteiger partial charge is 0.446 e. The minimum absolute atomic E-state index is 0.0459. The van der Waals surface area contributed by atoms with Gasteiger partial charge in [-0.3, -0.25) is 4.98 Å². The largest absolute Gasteiger partial charge is 0.480 e. The zero-order valence-corrected chi connectivity index (χ0v) is 11.6. The van der Waals surface area contributed by atoms with Crippen LogP contribution in [0.4, 0.5) is 13.2 Å². The molecule has 1 aromatic carbocycles. The summed E-state index contributed by atoms with van der Waals surface area (Å²) >= 11 is -0.210. The van der Waals surface area contributed by atoms with Gasteiger partial charge in [0.2, 0.25) is 5.88 Å². The highest BCUT2D eigenvalue weighted by atomic mass is 32.2. The lowest BCUT2D eigenvalue weighted by Crippen LogP contribution is -2.06. The predicted octanol–water partition coefficient (Wildman–Crippen LogP) is 3.18. The first kappa shape index (κ1) is 15.6. The molecule has 4 nitrogen and oxygen atoms in total. The van der Waals surface area contributed by atoms with Gasteiger partial charge in [0, 0.05) is 17.3 Å². The summed E-state index contributed by atoms with van der Waals surface area (Å²) in [5.74, 6) is 0.166. The average molecular weight is 316 g/mol. The van der Waals surface area contributed by atoms with E-state index in [1.54, 1.807) is 0 Å². The van der Waals surface area contributed by atoms with Crippen LogP contribution in [-0.2, 0) is 0 Å². The summed E-state index contributed by atoms with van der Waals surface area (Å²) < 4.78 is 41.7. The molecule has 112 valence electrons. The van der Waals surface area contributed by atoms with Gasteiger partial charge in [0.05, 0.1) is 7.11 Å². The summed E-state index contributed by atoms with van der Waals surface area (Å²) in [6, 6.07) is 5.40. The molecular formula is C13H11F3N2O2S. The van der Waals surface area contributed by atoms with Crippen molar-refractivity contribution in [3.05, 3.63) is 47.9 Å². The maximum atomic E-state index is 12.2. The molecule has 0 aliphatic heterocycles. The van der Waals surface area contributed by atoms with Crippen LogP contribution in [0.5, 0.6) is 5.88 Å². The normalized spacial score (nSPS) is 13.0. The van der Waals surface area contributed by atoms with E-state index in [4.69, 9.17) is 4.74 Å². The first-order valence-electron chi connectivity index (χ1n) is 5.79. The molecule has 1 unspecified atom stereocenters. The number of nitrogens with zero attached hydrogens (tertiary/aromatic N) is 2. The maximum Gasteiger partial charge on any atom is 0.446 e. The van der Waals surface area contributed by atoms with Gasteiger partial charge in [0.15, 0.2) is 0 Å². The van der Waals surface area contributed by atoms with Gasteiger partial charge in [-0.05, 0) is 29.5 Å². The van der Waals surface area contributed by atoms with Crippen LogP contribution in [0, 0.1) is 0 Å². The van der Waals surface area contributed by atoms with E-state index in [1.165, 1.54) is 43.8 Å². The van der Waals surface area contributed by atoms with E-state index in [1.807, 2.05) is 0 Å². The van der Waals surface area contributed by atoms with E-state index in [2.05, 4.69) is 9.97 Å². The Hall–Kier alpha value is -1.80. The molecular weight excluding hydrogens is 305 g/mol. The third-order valence-corrected chi connectivity index (χ3v) is 3.31. The van der Waals surface area contributed by atoms with Crippen molar-refractivity contribution in [2.45, 2.75) is 16.5 Å². The second-order valence-electron chi connectivity index (χ2n) is 3.97. The number of rotatable bonds is 4. The number of benzene rings is 1. The monoisotopic (exact) mass is 316 g/mol. The molecule has 0 aliphatic rings. The number of halogens is 3. The second kappa shape index (κ2) is 6.31. The topological polar surface area (TPSA) is 55.2 Å². The standard InChI is InChI=1S/C13H11F3N2O2S/c1-20-12-10(17-6-7-18-12)11(19)8-2-4-9(5-3-8)21-13(14,15)16/h2-7,11,19H,1H3. The molecule has 8 heteroatoms. The predicted molar refractivity (Wildman–Crippen MR) is 71.0 cm³/mol. The molecule has 1 heterocycles. The van der Waals surface area contributed by atoms with Crippen molar-refractivity contribution in [1.29, 1.82) is 0 Å². The molecule has 21 heavy (non-hydrogen) atoms. The van der Waals surface area contributed by atoms with Crippen LogP contribution in [0.3, 0.4) is 0 Å². The van der Waals surface area contributed by atoms with Crippen LogP contribution in [0.25, 0.3) is 0 Å². The fraction of sp³-hybridized carbons (Fsp3) is 0.231. The van der Waals surface area contributed by atoms with Crippen LogP contribution < -0.4 is 4.74 Å². The van der Waals surface area contributed by atoms with Gasteiger partial charge in [-0.15, -0.1) is 0 Å². The molecule has 0 saturated carbocycles. The second-order valence-corrected chi connectivity index (χ2v) is 5.11. The minimum Gasteiger partial charge on any atom is -0.480 e. The minimum atomic E-state index is -4.34. The van der Waals surface area contributed by atoms with Gasteiger partial charge >= 0.3 is 5.51 Å². The van der Waals surface area contributed by atoms with Crippen LogP contribution in [0.15, 0.2) is 41.6 Å². The van der Waals surface area contributed by atoms with Crippen molar-refractivity contribution in [3.8, 4) is 5.88 Å². The summed E-state index contributed by atoms with van der Waals surface area (Å²) in [5, 5.41) is 10.2. The number of hydrogen-bond acceptors (Lipinski definition) is 5. The summed E-state index contributed by atoms with van der Waals surface area (Å²) in [7, 11) is 1.39. The fourth-order valence-electron chi connectivity index (χ4n) is 1.69. The van der Waals surface area contributed by atoms with Gasteiger partial charge < -0.3 is 9.84 Å². The number of methoxy groups -OCH3 is 1.